The van der Waals surface area contributed by atoms with Gasteiger partial charge in [-0.1, -0.05) is 39.2 Å². The Morgan fingerprint density at radius 3 is 2.25 bits per heavy atom. The maximum atomic E-state index is 5.59. The highest BCUT2D eigenvalue weighted by Crippen LogP contribution is 2.04. The Bertz CT molecular complexity index is 146. The molecule has 0 aliphatic carbocycles. The molecular formula is C14H28O2. The molecule has 0 amide bonds. The Hall–Kier alpha value is -0.340. The molecule has 0 radical (unpaired) electrons. The van der Waals surface area contributed by atoms with Crippen molar-refractivity contribution >= 4 is 0 Å². The Morgan fingerprint density at radius 2 is 1.69 bits per heavy atom. The van der Waals surface area contributed by atoms with Gasteiger partial charge in [0.1, 0.15) is 0 Å². The van der Waals surface area contributed by atoms with Crippen LogP contribution in [0, 0.1) is 5.92 Å². The van der Waals surface area contributed by atoms with E-state index < -0.39 is 0 Å². The summed E-state index contributed by atoms with van der Waals surface area (Å²) in [6.07, 6.45) is 7.82. The molecule has 0 aromatic rings. The van der Waals surface area contributed by atoms with Crippen LogP contribution in [0.15, 0.2) is 12.7 Å². The van der Waals surface area contributed by atoms with Gasteiger partial charge in [0, 0.05) is 19.8 Å². The first-order chi connectivity index (χ1) is 7.81. The normalized spacial score (nSPS) is 12.6. The summed E-state index contributed by atoms with van der Waals surface area (Å²) in [5.41, 5.74) is 0. The molecule has 0 saturated heterocycles. The van der Waals surface area contributed by atoms with Crippen molar-refractivity contribution < 1.29 is 9.47 Å². The number of rotatable bonds is 12. The summed E-state index contributed by atoms with van der Waals surface area (Å²) in [6.45, 7) is 11.4. The van der Waals surface area contributed by atoms with Crippen LogP contribution in [0.1, 0.15) is 46.0 Å². The maximum Gasteiger partial charge on any atom is 0.0644 e. The van der Waals surface area contributed by atoms with Crippen LogP contribution < -0.4 is 0 Å². The standard InChI is InChI=1S/C14H28O2/c1-4-10-15-11-8-6-7-9-12-16-13-14(3)5-2/h4,14H,1,5-13H2,2-3H3. The van der Waals surface area contributed by atoms with E-state index in [0.29, 0.717) is 12.5 Å². The molecule has 0 aromatic carbocycles. The van der Waals surface area contributed by atoms with Gasteiger partial charge in [-0.05, 0) is 18.8 Å². The van der Waals surface area contributed by atoms with Crippen LogP contribution in [-0.2, 0) is 9.47 Å². The van der Waals surface area contributed by atoms with Crippen molar-refractivity contribution in [3.05, 3.63) is 12.7 Å². The van der Waals surface area contributed by atoms with E-state index >= 15 is 0 Å². The van der Waals surface area contributed by atoms with Gasteiger partial charge in [-0.2, -0.15) is 0 Å². The first-order valence-corrected chi connectivity index (χ1v) is 6.57. The molecular weight excluding hydrogens is 200 g/mol. The zero-order valence-electron chi connectivity index (χ0n) is 11.0. The molecule has 1 unspecified atom stereocenters. The van der Waals surface area contributed by atoms with Gasteiger partial charge >= 0.3 is 0 Å². The van der Waals surface area contributed by atoms with E-state index in [0.717, 1.165) is 26.2 Å². The van der Waals surface area contributed by atoms with Crippen molar-refractivity contribution in [3.63, 3.8) is 0 Å². The maximum absolute atomic E-state index is 5.59. The fraction of sp³-hybridized carbons (Fsp3) is 0.857. The molecule has 2 nitrogen and oxygen atoms in total. The second kappa shape index (κ2) is 12.7. The van der Waals surface area contributed by atoms with Crippen LogP contribution >= 0.6 is 0 Å². The van der Waals surface area contributed by atoms with E-state index in [1.54, 1.807) is 6.08 Å². The summed E-state index contributed by atoms with van der Waals surface area (Å²) in [6, 6.07) is 0. The topological polar surface area (TPSA) is 18.5 Å². The Balaban J connectivity index is 2.96. The van der Waals surface area contributed by atoms with Gasteiger partial charge in [0.25, 0.3) is 0 Å². The van der Waals surface area contributed by atoms with E-state index in [-0.39, 0.29) is 0 Å². The molecule has 16 heavy (non-hydrogen) atoms. The Labute approximate surface area is 101 Å². The van der Waals surface area contributed by atoms with Gasteiger partial charge in [0.05, 0.1) is 6.61 Å². The van der Waals surface area contributed by atoms with Crippen molar-refractivity contribution in [2.45, 2.75) is 46.0 Å². The minimum atomic E-state index is 0.679. The molecule has 0 spiro atoms. The third-order valence-electron chi connectivity index (χ3n) is 2.66. The monoisotopic (exact) mass is 228 g/mol. The second-order valence-electron chi connectivity index (χ2n) is 4.37. The summed E-state index contributed by atoms with van der Waals surface area (Å²) in [7, 11) is 0. The summed E-state index contributed by atoms with van der Waals surface area (Å²) < 4.78 is 10.9. The second-order valence-corrected chi connectivity index (χ2v) is 4.37. The molecule has 0 saturated carbocycles. The fourth-order valence-electron chi connectivity index (χ4n) is 1.33. The lowest BCUT2D eigenvalue weighted by Crippen LogP contribution is -2.05. The number of unbranched alkanes of at least 4 members (excludes halogenated alkanes) is 3. The van der Waals surface area contributed by atoms with Gasteiger partial charge in [-0.3, -0.25) is 0 Å². The van der Waals surface area contributed by atoms with Crippen LogP contribution in [0.25, 0.3) is 0 Å². The van der Waals surface area contributed by atoms with Gasteiger partial charge in [-0.25, -0.2) is 0 Å². The Kier molecular flexibility index (Phi) is 12.5. The summed E-state index contributed by atoms with van der Waals surface area (Å²) in [5, 5.41) is 0. The van der Waals surface area contributed by atoms with Crippen LogP contribution in [0.2, 0.25) is 0 Å². The van der Waals surface area contributed by atoms with E-state index in [4.69, 9.17) is 9.47 Å². The molecule has 0 rings (SSSR count). The van der Waals surface area contributed by atoms with Crippen molar-refractivity contribution in [2.75, 3.05) is 26.4 Å². The molecule has 2 heteroatoms. The van der Waals surface area contributed by atoms with Crippen molar-refractivity contribution in [3.8, 4) is 0 Å². The number of ether oxygens (including phenoxy) is 2. The lowest BCUT2D eigenvalue weighted by atomic mass is 10.1. The molecule has 0 bridgehead atoms. The molecule has 0 aliphatic rings. The lowest BCUT2D eigenvalue weighted by molar-refractivity contribution is 0.0990. The van der Waals surface area contributed by atoms with E-state index in [1.165, 1.54) is 25.7 Å². The zero-order chi connectivity index (χ0) is 12.1. The smallest absolute Gasteiger partial charge is 0.0644 e. The lowest BCUT2D eigenvalue weighted by Gasteiger charge is -2.09. The van der Waals surface area contributed by atoms with Crippen LogP contribution in [0.5, 0.6) is 0 Å². The van der Waals surface area contributed by atoms with Crippen molar-refractivity contribution in [1.82, 2.24) is 0 Å². The SMILES string of the molecule is C=CCOCCCCCCOCC(C)CC. The van der Waals surface area contributed by atoms with Crippen molar-refractivity contribution in [2.24, 2.45) is 5.92 Å². The zero-order valence-corrected chi connectivity index (χ0v) is 11.0. The minimum absolute atomic E-state index is 0.679. The quantitative estimate of drug-likeness (QED) is 0.373. The van der Waals surface area contributed by atoms with Gasteiger partial charge in [0.15, 0.2) is 0 Å². The molecule has 0 fully saturated rings. The van der Waals surface area contributed by atoms with Crippen molar-refractivity contribution in [1.29, 1.82) is 0 Å². The molecule has 1 atom stereocenters. The third kappa shape index (κ3) is 11.7. The first-order valence-electron chi connectivity index (χ1n) is 6.57. The van der Waals surface area contributed by atoms with Gasteiger partial charge in [-0.15, -0.1) is 6.58 Å². The molecule has 0 aromatic heterocycles. The average Bonchev–Trinajstić information content (AvgIpc) is 2.31. The van der Waals surface area contributed by atoms with E-state index in [2.05, 4.69) is 20.4 Å². The van der Waals surface area contributed by atoms with Crippen LogP contribution in [-0.4, -0.2) is 26.4 Å². The number of hydrogen-bond acceptors (Lipinski definition) is 2. The predicted molar refractivity (Wildman–Crippen MR) is 69.8 cm³/mol. The largest absolute Gasteiger partial charge is 0.381 e. The summed E-state index contributed by atoms with van der Waals surface area (Å²) >= 11 is 0. The highest BCUT2D eigenvalue weighted by atomic mass is 16.5. The highest BCUT2D eigenvalue weighted by Gasteiger charge is 1.97. The highest BCUT2D eigenvalue weighted by molar-refractivity contribution is 4.63. The predicted octanol–water partition coefficient (Wildman–Crippen LogP) is 3.81. The fourth-order valence-corrected chi connectivity index (χ4v) is 1.33. The average molecular weight is 228 g/mol. The van der Waals surface area contributed by atoms with Crippen LogP contribution in [0.3, 0.4) is 0 Å². The first kappa shape index (κ1) is 15.7. The van der Waals surface area contributed by atoms with E-state index in [9.17, 15) is 0 Å². The molecule has 0 N–H and O–H groups in total. The van der Waals surface area contributed by atoms with Gasteiger partial charge in [0.2, 0.25) is 0 Å². The molecule has 96 valence electrons. The summed E-state index contributed by atoms with van der Waals surface area (Å²) in [5.74, 6) is 0.701. The van der Waals surface area contributed by atoms with Gasteiger partial charge < -0.3 is 9.47 Å². The van der Waals surface area contributed by atoms with E-state index in [1.807, 2.05) is 0 Å². The van der Waals surface area contributed by atoms with Crippen LogP contribution in [0.4, 0.5) is 0 Å². The molecule has 0 aliphatic heterocycles. The third-order valence-corrected chi connectivity index (χ3v) is 2.66. The molecule has 0 heterocycles. The Morgan fingerprint density at radius 1 is 1.06 bits per heavy atom. The summed E-state index contributed by atoms with van der Waals surface area (Å²) in [4.78, 5) is 0. The number of hydrogen-bond donors (Lipinski definition) is 0. The minimum Gasteiger partial charge on any atom is -0.381 e.